The monoisotopic (exact) mass is 796 g/mol. The minimum atomic E-state index is -3.32. The molecule has 0 amide bonds. The second-order valence-electron chi connectivity index (χ2n) is 17.5. The lowest BCUT2D eigenvalue weighted by Gasteiger charge is -2.48. The van der Waals surface area contributed by atoms with E-state index in [0.29, 0.717) is 42.8 Å². The molecule has 3 atom stereocenters. The highest BCUT2D eigenvalue weighted by Gasteiger charge is 2.39. The number of pyridine rings is 1. The largest absolute Gasteiger partial charge is 0.417 e. The molecule has 0 radical (unpaired) electrons. The molecule has 4 aromatic rings. The summed E-state index contributed by atoms with van der Waals surface area (Å²) in [6.45, 7) is 24.7. The van der Waals surface area contributed by atoms with Crippen LogP contribution in [0.25, 0.3) is 22.2 Å². The number of aromatic nitrogens is 5. The Bertz CT molecular complexity index is 2120. The fraction of sp³-hybridized carbons (Fsp3) is 0.579. The zero-order valence-electron chi connectivity index (χ0n) is 34.1. The van der Waals surface area contributed by atoms with Gasteiger partial charge < -0.3 is 19.4 Å². The number of fused-ring (bicyclic) bond motifs is 1. The molecule has 16 heteroatoms. The van der Waals surface area contributed by atoms with Gasteiger partial charge in [-0.3, -0.25) is 14.2 Å². The van der Waals surface area contributed by atoms with Crippen molar-refractivity contribution >= 4 is 54.5 Å². The number of hydrogen-bond donors (Lipinski definition) is 2. The summed E-state index contributed by atoms with van der Waals surface area (Å²) in [5.74, 6) is 1.61. The van der Waals surface area contributed by atoms with E-state index >= 15 is 0 Å². The minimum Gasteiger partial charge on any atom is -0.417 e. The number of anilines is 3. The maximum atomic E-state index is 13.2. The first-order chi connectivity index (χ1) is 25.0. The van der Waals surface area contributed by atoms with Gasteiger partial charge in [-0.1, -0.05) is 53.4 Å². The molecule has 54 heavy (non-hydrogen) atoms. The molecular formula is C38H60N8O5SSi2. The van der Waals surface area contributed by atoms with Gasteiger partial charge in [-0.15, -0.1) is 0 Å². The minimum absolute atomic E-state index is 0.0271. The average molecular weight is 797 g/mol. The van der Waals surface area contributed by atoms with Crippen molar-refractivity contribution in [1.82, 2.24) is 29.0 Å². The van der Waals surface area contributed by atoms with Gasteiger partial charge in [-0.2, -0.15) is 0 Å². The van der Waals surface area contributed by atoms with Crippen LogP contribution in [0.5, 0.6) is 0 Å². The standard InChI is InChI=1S/C38H60N8O5SSi2/c1-26(16-18-51-54(11,12)38(3,4)5)28-13-14-33(46-24-32(27(46)2)43-52(7,48)49)30-22-40-35(21-29(28)30)41-34-15-17-39-36(42-34)31-23-45(44(6)37(31)47)25-50-19-20-53(8,9)10/h13-15,17,21-23,26-27,32,43H,16,18-20,24-25H2,1-12H3,(H,39,40,41,42)/t26?,27-,32+/m1/s1. The van der Waals surface area contributed by atoms with E-state index in [1.807, 2.05) is 19.2 Å². The predicted molar refractivity (Wildman–Crippen MR) is 225 cm³/mol. The van der Waals surface area contributed by atoms with E-state index in [1.165, 1.54) is 16.5 Å². The summed E-state index contributed by atoms with van der Waals surface area (Å²) in [5.41, 5.74) is 2.36. The van der Waals surface area contributed by atoms with Crippen LogP contribution in [0.1, 0.15) is 52.5 Å². The fourth-order valence-electron chi connectivity index (χ4n) is 6.28. The van der Waals surface area contributed by atoms with Crippen molar-refractivity contribution in [3.63, 3.8) is 0 Å². The summed E-state index contributed by atoms with van der Waals surface area (Å²) in [4.78, 5) is 29.4. The smallest absolute Gasteiger partial charge is 0.277 e. The van der Waals surface area contributed by atoms with Crippen LogP contribution in [0, 0.1) is 0 Å². The third kappa shape index (κ3) is 9.87. The highest BCUT2D eigenvalue weighted by atomic mass is 32.2. The number of rotatable bonds is 16. The Balaban J connectivity index is 1.42. The topological polar surface area (TPSA) is 146 Å². The van der Waals surface area contributed by atoms with E-state index in [4.69, 9.17) is 19.1 Å². The second kappa shape index (κ2) is 16.0. The molecule has 3 aromatic heterocycles. The van der Waals surface area contributed by atoms with Crippen LogP contribution in [-0.4, -0.2) is 87.2 Å². The second-order valence-corrected chi connectivity index (χ2v) is 29.7. The van der Waals surface area contributed by atoms with E-state index < -0.39 is 26.4 Å². The van der Waals surface area contributed by atoms with E-state index in [0.717, 1.165) is 28.9 Å². The zero-order chi connectivity index (χ0) is 39.8. The number of nitrogens with zero attached hydrogens (tertiary/aromatic N) is 6. The summed E-state index contributed by atoms with van der Waals surface area (Å²) >= 11 is 0. The van der Waals surface area contributed by atoms with E-state index in [2.05, 4.69) is 92.5 Å². The number of sulfonamides is 1. The molecule has 1 aromatic carbocycles. The van der Waals surface area contributed by atoms with Gasteiger partial charge in [-0.05, 0) is 72.6 Å². The van der Waals surface area contributed by atoms with E-state index in [1.54, 1.807) is 30.2 Å². The van der Waals surface area contributed by atoms with Crippen molar-refractivity contribution < 1.29 is 17.6 Å². The van der Waals surface area contributed by atoms with Gasteiger partial charge in [0.2, 0.25) is 10.0 Å². The van der Waals surface area contributed by atoms with Gasteiger partial charge in [0.15, 0.2) is 14.1 Å². The van der Waals surface area contributed by atoms with Crippen molar-refractivity contribution in [1.29, 1.82) is 0 Å². The molecule has 1 fully saturated rings. The van der Waals surface area contributed by atoms with E-state index in [-0.39, 0.29) is 35.3 Å². The maximum Gasteiger partial charge on any atom is 0.277 e. The average Bonchev–Trinajstić information content (AvgIpc) is 3.35. The van der Waals surface area contributed by atoms with Crippen molar-refractivity contribution in [2.45, 2.75) is 110 Å². The first kappa shape index (κ1) is 41.7. The molecule has 0 spiro atoms. The quantitative estimate of drug-likeness (QED) is 0.0909. The molecule has 0 aliphatic carbocycles. The molecule has 2 N–H and O–H groups in total. The van der Waals surface area contributed by atoms with Gasteiger partial charge in [0.05, 0.1) is 12.3 Å². The highest BCUT2D eigenvalue weighted by molar-refractivity contribution is 7.88. The molecule has 5 rings (SSSR count). The molecular weight excluding hydrogens is 737 g/mol. The molecule has 1 aliphatic heterocycles. The Hall–Kier alpha value is -3.42. The zero-order valence-corrected chi connectivity index (χ0v) is 37.0. The summed E-state index contributed by atoms with van der Waals surface area (Å²) in [5, 5.41) is 5.53. The van der Waals surface area contributed by atoms with Gasteiger partial charge in [0.25, 0.3) is 5.56 Å². The fourth-order valence-corrected chi connectivity index (χ4v) is 8.92. The molecule has 0 saturated carbocycles. The number of benzene rings is 1. The SMILES string of the molecule is CC(CCO[Si](C)(C)C(C)(C)C)c1ccc(N2C[C@H](NS(C)(=O)=O)[C@H]2C)c2cnc(Nc3ccnc(-c4cn(COCC[Si](C)(C)C)n(C)c4=O)n3)cc12. The Morgan fingerprint density at radius 3 is 2.41 bits per heavy atom. The Labute approximate surface area is 323 Å². The van der Waals surface area contributed by atoms with Crippen LogP contribution in [-0.2, 0) is 33.0 Å². The predicted octanol–water partition coefficient (Wildman–Crippen LogP) is 6.89. The lowest BCUT2D eigenvalue weighted by molar-refractivity contribution is 0.0703. The maximum absolute atomic E-state index is 13.2. The molecule has 1 saturated heterocycles. The molecule has 1 aliphatic rings. The van der Waals surface area contributed by atoms with Crippen molar-refractivity contribution in [3.8, 4) is 11.4 Å². The van der Waals surface area contributed by atoms with Gasteiger partial charge in [-0.25, -0.2) is 28.1 Å². The summed E-state index contributed by atoms with van der Waals surface area (Å²) in [7, 11) is -4.73. The highest BCUT2D eigenvalue weighted by Crippen LogP contribution is 2.40. The Kier molecular flexibility index (Phi) is 12.4. The Morgan fingerprint density at radius 2 is 1.76 bits per heavy atom. The molecule has 13 nitrogen and oxygen atoms in total. The summed E-state index contributed by atoms with van der Waals surface area (Å²) in [6, 6.07) is 8.96. The molecule has 1 unspecified atom stereocenters. The third-order valence-electron chi connectivity index (χ3n) is 11.0. The first-order valence-corrected chi connectivity index (χ1v) is 27.3. The molecule has 0 bridgehead atoms. The van der Waals surface area contributed by atoms with E-state index in [9.17, 15) is 13.2 Å². The van der Waals surface area contributed by atoms with Crippen LogP contribution < -0.4 is 20.5 Å². The number of hydrogen-bond acceptors (Lipinski definition) is 10. The molecule has 4 heterocycles. The van der Waals surface area contributed by atoms with Crippen molar-refractivity contribution in [3.05, 3.63) is 58.8 Å². The molecule has 296 valence electrons. The van der Waals surface area contributed by atoms with Gasteiger partial charge in [0.1, 0.15) is 23.9 Å². The third-order valence-corrected chi connectivity index (χ3v) is 17.9. The van der Waals surface area contributed by atoms with Crippen LogP contribution in [0.15, 0.2) is 47.7 Å². The summed E-state index contributed by atoms with van der Waals surface area (Å²) in [6.07, 6.45) is 7.30. The van der Waals surface area contributed by atoms with Crippen molar-refractivity contribution in [2.75, 3.05) is 36.2 Å². The van der Waals surface area contributed by atoms with Crippen LogP contribution in [0.4, 0.5) is 17.3 Å². The summed E-state index contributed by atoms with van der Waals surface area (Å²) < 4.78 is 42.4. The lowest BCUT2D eigenvalue weighted by atomic mass is 9.90. The van der Waals surface area contributed by atoms with Crippen LogP contribution >= 0.6 is 0 Å². The van der Waals surface area contributed by atoms with Gasteiger partial charge in [0, 0.05) is 70.6 Å². The van der Waals surface area contributed by atoms with Crippen LogP contribution in [0.2, 0.25) is 43.8 Å². The van der Waals surface area contributed by atoms with Crippen molar-refractivity contribution in [2.24, 2.45) is 7.05 Å². The van der Waals surface area contributed by atoms with Crippen LogP contribution in [0.3, 0.4) is 0 Å². The first-order valence-electron chi connectivity index (χ1n) is 18.8. The van der Waals surface area contributed by atoms with Gasteiger partial charge >= 0.3 is 0 Å². The number of nitrogens with one attached hydrogen (secondary N) is 2. The normalized spacial score (nSPS) is 17.5. The lowest BCUT2D eigenvalue weighted by Crippen LogP contribution is -2.65. The Morgan fingerprint density at radius 1 is 1.04 bits per heavy atom. The number of ether oxygens (including phenoxy) is 1.